The highest BCUT2D eigenvalue weighted by Crippen LogP contribution is 2.30. The molecule has 1 saturated heterocycles. The van der Waals surface area contributed by atoms with Crippen LogP contribution in [0.1, 0.15) is 30.1 Å². The highest BCUT2D eigenvalue weighted by Gasteiger charge is 2.32. The third-order valence-electron chi connectivity index (χ3n) is 4.91. The number of aromatic nitrogens is 2. The quantitative estimate of drug-likeness (QED) is 0.722. The van der Waals surface area contributed by atoms with Gasteiger partial charge < -0.3 is 10.2 Å². The number of hydrogen-bond acceptors (Lipinski definition) is 5. The average Bonchev–Trinajstić information content (AvgIpc) is 3.18. The molecule has 1 aliphatic rings. The van der Waals surface area contributed by atoms with Crippen molar-refractivity contribution in [3.8, 4) is 0 Å². The van der Waals surface area contributed by atoms with Crippen LogP contribution >= 0.6 is 0 Å². The smallest absolute Gasteiger partial charge is 0.247 e. The van der Waals surface area contributed by atoms with E-state index in [1.165, 1.54) is 6.92 Å². The lowest BCUT2D eigenvalue weighted by atomic mass is 10.1. The molecule has 0 bridgehead atoms. The first-order valence-electron chi connectivity index (χ1n) is 9.02. The Morgan fingerprint density at radius 1 is 1.07 bits per heavy atom. The van der Waals surface area contributed by atoms with E-state index in [0.717, 1.165) is 36.1 Å². The minimum atomic E-state index is -0.282. The second kappa shape index (κ2) is 7.15. The summed E-state index contributed by atoms with van der Waals surface area (Å²) in [4.78, 5) is 35.1. The van der Waals surface area contributed by atoms with E-state index < -0.39 is 0 Å². The Morgan fingerprint density at radius 2 is 1.85 bits per heavy atom. The predicted octanol–water partition coefficient (Wildman–Crippen LogP) is 3.44. The molecule has 3 aromatic rings. The van der Waals surface area contributed by atoms with Gasteiger partial charge in [0.2, 0.25) is 5.91 Å². The van der Waals surface area contributed by atoms with Gasteiger partial charge in [-0.3, -0.25) is 9.59 Å². The minimum Gasteiger partial charge on any atom is -0.344 e. The van der Waals surface area contributed by atoms with Crippen LogP contribution in [0.5, 0.6) is 0 Å². The van der Waals surface area contributed by atoms with E-state index in [-0.39, 0.29) is 17.7 Å². The third-order valence-corrected chi connectivity index (χ3v) is 4.91. The van der Waals surface area contributed by atoms with Gasteiger partial charge >= 0.3 is 0 Å². The molecule has 27 heavy (non-hydrogen) atoms. The summed E-state index contributed by atoms with van der Waals surface area (Å²) in [6.07, 6.45) is 3.25. The van der Waals surface area contributed by atoms with Crippen molar-refractivity contribution in [1.82, 2.24) is 9.97 Å². The standard InChI is InChI=1S/C21H20N4O2/c1-14(26)15-8-10-16(11-9-15)24-21(27)19-7-4-12-25(19)20-17-5-2-3-6-18(17)22-13-23-20/h2-3,5-6,8-11,13,19H,4,7,12H2,1H3,(H,24,27). The molecule has 6 heteroatoms. The molecule has 1 aromatic heterocycles. The second-order valence-electron chi connectivity index (χ2n) is 6.69. The maximum atomic E-state index is 12.9. The minimum absolute atomic E-state index is 0.00508. The number of Topliss-reactive ketones (excluding diaryl/α,β-unsaturated/α-hetero) is 1. The summed E-state index contributed by atoms with van der Waals surface area (Å²) in [6.45, 7) is 2.30. The predicted molar refractivity (Wildman–Crippen MR) is 105 cm³/mol. The summed E-state index contributed by atoms with van der Waals surface area (Å²) in [6, 6.07) is 14.5. The molecule has 0 radical (unpaired) electrons. The Bertz CT molecular complexity index is 995. The fourth-order valence-corrected chi connectivity index (χ4v) is 3.53. The van der Waals surface area contributed by atoms with Gasteiger partial charge in [0.15, 0.2) is 5.78 Å². The number of para-hydroxylation sites is 1. The molecule has 4 rings (SSSR count). The SMILES string of the molecule is CC(=O)c1ccc(NC(=O)C2CCCN2c2ncnc3ccccc23)cc1. The monoisotopic (exact) mass is 360 g/mol. The van der Waals surface area contributed by atoms with Crippen LogP contribution in [0.3, 0.4) is 0 Å². The van der Waals surface area contributed by atoms with Crippen molar-refractivity contribution in [2.75, 3.05) is 16.8 Å². The molecule has 0 saturated carbocycles. The van der Waals surface area contributed by atoms with E-state index >= 15 is 0 Å². The van der Waals surface area contributed by atoms with E-state index in [1.807, 2.05) is 24.3 Å². The molecule has 6 nitrogen and oxygen atoms in total. The highest BCUT2D eigenvalue weighted by molar-refractivity contribution is 6.00. The van der Waals surface area contributed by atoms with E-state index in [9.17, 15) is 9.59 Å². The largest absolute Gasteiger partial charge is 0.344 e. The second-order valence-corrected chi connectivity index (χ2v) is 6.69. The van der Waals surface area contributed by atoms with Gasteiger partial charge in [0, 0.05) is 23.2 Å². The average molecular weight is 360 g/mol. The van der Waals surface area contributed by atoms with Crippen molar-refractivity contribution in [2.24, 2.45) is 0 Å². The fourth-order valence-electron chi connectivity index (χ4n) is 3.53. The van der Waals surface area contributed by atoms with E-state index in [2.05, 4.69) is 20.2 Å². The Hall–Kier alpha value is -3.28. The first kappa shape index (κ1) is 17.1. The molecule has 136 valence electrons. The Labute approximate surface area is 157 Å². The Morgan fingerprint density at radius 3 is 2.63 bits per heavy atom. The number of amides is 1. The topological polar surface area (TPSA) is 75.2 Å². The van der Waals surface area contributed by atoms with Gasteiger partial charge in [-0.1, -0.05) is 12.1 Å². The zero-order chi connectivity index (χ0) is 18.8. The number of carbonyl (C=O) groups excluding carboxylic acids is 2. The summed E-state index contributed by atoms with van der Waals surface area (Å²) in [5.74, 6) is 0.737. The van der Waals surface area contributed by atoms with Gasteiger partial charge in [-0.25, -0.2) is 9.97 Å². The Kier molecular flexibility index (Phi) is 4.54. The number of carbonyl (C=O) groups is 2. The lowest BCUT2D eigenvalue weighted by Crippen LogP contribution is -2.40. The van der Waals surface area contributed by atoms with E-state index in [0.29, 0.717) is 11.3 Å². The molecule has 0 aliphatic carbocycles. The van der Waals surface area contributed by atoms with Crippen molar-refractivity contribution < 1.29 is 9.59 Å². The molecule has 0 spiro atoms. The number of nitrogens with one attached hydrogen (secondary N) is 1. The normalized spacial score (nSPS) is 16.5. The van der Waals surface area contributed by atoms with Crippen LogP contribution in [-0.4, -0.2) is 34.2 Å². The van der Waals surface area contributed by atoms with Crippen LogP contribution < -0.4 is 10.2 Å². The zero-order valence-corrected chi connectivity index (χ0v) is 15.1. The molecule has 2 heterocycles. The lowest BCUT2D eigenvalue weighted by molar-refractivity contribution is -0.117. The molecular weight excluding hydrogens is 340 g/mol. The summed E-state index contributed by atoms with van der Waals surface area (Å²) in [7, 11) is 0. The van der Waals surface area contributed by atoms with Gasteiger partial charge in [0.05, 0.1) is 5.52 Å². The molecule has 1 aliphatic heterocycles. The molecule has 2 aromatic carbocycles. The van der Waals surface area contributed by atoms with Gasteiger partial charge in [-0.15, -0.1) is 0 Å². The molecule has 1 amide bonds. The maximum Gasteiger partial charge on any atom is 0.247 e. The van der Waals surface area contributed by atoms with Crippen LogP contribution in [0.15, 0.2) is 54.9 Å². The van der Waals surface area contributed by atoms with Crippen molar-refractivity contribution in [1.29, 1.82) is 0 Å². The van der Waals surface area contributed by atoms with Gasteiger partial charge in [0.25, 0.3) is 0 Å². The van der Waals surface area contributed by atoms with E-state index in [4.69, 9.17) is 0 Å². The van der Waals surface area contributed by atoms with Crippen molar-refractivity contribution in [3.63, 3.8) is 0 Å². The zero-order valence-electron chi connectivity index (χ0n) is 15.1. The summed E-state index contributed by atoms with van der Waals surface area (Å²) in [5, 5.41) is 3.91. The van der Waals surface area contributed by atoms with Crippen LogP contribution in [0.2, 0.25) is 0 Å². The van der Waals surface area contributed by atoms with E-state index in [1.54, 1.807) is 30.6 Å². The summed E-state index contributed by atoms with van der Waals surface area (Å²) >= 11 is 0. The number of hydrogen-bond donors (Lipinski definition) is 1. The molecule has 1 N–H and O–H groups in total. The molecular formula is C21H20N4O2. The maximum absolute atomic E-state index is 12.9. The number of benzene rings is 2. The van der Waals surface area contributed by atoms with Gasteiger partial charge in [-0.05, 0) is 56.2 Å². The van der Waals surface area contributed by atoms with Crippen molar-refractivity contribution in [3.05, 3.63) is 60.4 Å². The number of fused-ring (bicyclic) bond motifs is 1. The molecule has 1 unspecified atom stereocenters. The van der Waals surface area contributed by atoms with Crippen molar-refractivity contribution in [2.45, 2.75) is 25.8 Å². The number of nitrogens with zero attached hydrogens (tertiary/aromatic N) is 3. The van der Waals surface area contributed by atoms with Crippen LogP contribution in [-0.2, 0) is 4.79 Å². The first-order chi connectivity index (χ1) is 13.1. The highest BCUT2D eigenvalue weighted by atomic mass is 16.2. The third kappa shape index (κ3) is 3.38. The van der Waals surface area contributed by atoms with Gasteiger partial charge in [0.1, 0.15) is 18.2 Å². The summed E-state index contributed by atoms with van der Waals surface area (Å²) in [5.41, 5.74) is 2.18. The summed E-state index contributed by atoms with van der Waals surface area (Å²) < 4.78 is 0. The lowest BCUT2D eigenvalue weighted by Gasteiger charge is -2.25. The molecule has 1 fully saturated rings. The fraction of sp³-hybridized carbons (Fsp3) is 0.238. The molecule has 1 atom stereocenters. The van der Waals surface area contributed by atoms with Crippen LogP contribution in [0.25, 0.3) is 10.9 Å². The number of anilines is 2. The van der Waals surface area contributed by atoms with Crippen LogP contribution in [0, 0.1) is 0 Å². The number of rotatable bonds is 4. The first-order valence-corrected chi connectivity index (χ1v) is 9.02. The van der Waals surface area contributed by atoms with Crippen LogP contribution in [0.4, 0.5) is 11.5 Å². The van der Waals surface area contributed by atoms with Crippen molar-refractivity contribution >= 4 is 34.1 Å². The van der Waals surface area contributed by atoms with Gasteiger partial charge in [-0.2, -0.15) is 0 Å². The Balaban J connectivity index is 1.57. The number of ketones is 1.